The first-order valence-electron chi connectivity index (χ1n) is 9.18. The molecule has 0 spiro atoms. The van der Waals surface area contributed by atoms with Crippen molar-refractivity contribution in [2.45, 2.75) is 44.3 Å². The third-order valence-electron chi connectivity index (χ3n) is 5.43. The Morgan fingerprint density at radius 2 is 1.84 bits per heavy atom. The standard InChI is InChI=1S/C20H24N4O/c25-20(17-14-21-10-11-22-17)24-13-5-9-19(24)18-8-4-12-23(18)15-16-6-2-1-3-7-16/h1-3,6-7,10-11,14,18-19H,4-5,8-9,12-13,15H2/t18-,19-/m1/s1. The Morgan fingerprint density at radius 1 is 1.04 bits per heavy atom. The first kappa shape index (κ1) is 16.2. The highest BCUT2D eigenvalue weighted by atomic mass is 16.2. The van der Waals surface area contributed by atoms with Crippen LogP contribution in [-0.4, -0.2) is 50.8 Å². The average Bonchev–Trinajstić information content (AvgIpc) is 3.31. The molecular formula is C20H24N4O. The van der Waals surface area contributed by atoms with Crippen molar-refractivity contribution in [2.24, 2.45) is 0 Å². The molecule has 4 rings (SSSR count). The summed E-state index contributed by atoms with van der Waals surface area (Å²) in [5, 5.41) is 0. The summed E-state index contributed by atoms with van der Waals surface area (Å²) in [7, 11) is 0. The summed E-state index contributed by atoms with van der Waals surface area (Å²) in [6.45, 7) is 2.91. The normalized spacial score (nSPS) is 23.9. The molecule has 2 aromatic rings. The fraction of sp³-hybridized carbons (Fsp3) is 0.450. The number of aromatic nitrogens is 2. The molecule has 2 aliphatic rings. The zero-order valence-corrected chi connectivity index (χ0v) is 14.4. The highest BCUT2D eigenvalue weighted by molar-refractivity contribution is 5.92. The molecule has 5 heteroatoms. The maximum atomic E-state index is 12.9. The van der Waals surface area contributed by atoms with Crippen molar-refractivity contribution in [3.63, 3.8) is 0 Å². The number of likely N-dealkylation sites (tertiary alicyclic amines) is 2. The van der Waals surface area contributed by atoms with Crippen LogP contribution in [0.1, 0.15) is 41.7 Å². The molecule has 130 valence electrons. The predicted octanol–water partition coefficient (Wildman–Crippen LogP) is 2.75. The number of amides is 1. The second-order valence-corrected chi connectivity index (χ2v) is 6.96. The molecule has 1 aromatic carbocycles. The molecule has 2 atom stereocenters. The maximum Gasteiger partial charge on any atom is 0.274 e. The lowest BCUT2D eigenvalue weighted by molar-refractivity contribution is 0.0633. The van der Waals surface area contributed by atoms with E-state index in [9.17, 15) is 4.79 Å². The monoisotopic (exact) mass is 336 g/mol. The van der Waals surface area contributed by atoms with Crippen molar-refractivity contribution in [3.8, 4) is 0 Å². The zero-order valence-electron chi connectivity index (χ0n) is 14.4. The summed E-state index contributed by atoms with van der Waals surface area (Å²) in [6.07, 6.45) is 9.32. The summed E-state index contributed by atoms with van der Waals surface area (Å²) in [4.78, 5) is 25.7. The third kappa shape index (κ3) is 3.42. The second kappa shape index (κ2) is 7.31. The van der Waals surface area contributed by atoms with Crippen LogP contribution in [0.15, 0.2) is 48.9 Å². The molecule has 0 radical (unpaired) electrons. The number of rotatable bonds is 4. The lowest BCUT2D eigenvalue weighted by atomic mass is 10.0. The molecule has 0 N–H and O–H groups in total. The highest BCUT2D eigenvalue weighted by Gasteiger charge is 2.40. The Bertz CT molecular complexity index is 706. The molecule has 5 nitrogen and oxygen atoms in total. The molecule has 0 unspecified atom stereocenters. The van der Waals surface area contributed by atoms with Gasteiger partial charge in [0.1, 0.15) is 5.69 Å². The predicted molar refractivity (Wildman–Crippen MR) is 96.0 cm³/mol. The Balaban J connectivity index is 1.50. The maximum absolute atomic E-state index is 12.9. The molecule has 2 aliphatic heterocycles. The van der Waals surface area contributed by atoms with E-state index in [2.05, 4.69) is 45.2 Å². The third-order valence-corrected chi connectivity index (χ3v) is 5.43. The lowest BCUT2D eigenvalue weighted by Gasteiger charge is -2.35. The van der Waals surface area contributed by atoms with Crippen LogP contribution >= 0.6 is 0 Å². The largest absolute Gasteiger partial charge is 0.333 e. The van der Waals surface area contributed by atoms with Crippen LogP contribution in [0.3, 0.4) is 0 Å². The van der Waals surface area contributed by atoms with E-state index in [0.29, 0.717) is 17.8 Å². The summed E-state index contributed by atoms with van der Waals surface area (Å²) in [5.41, 5.74) is 1.81. The van der Waals surface area contributed by atoms with E-state index < -0.39 is 0 Å². The van der Waals surface area contributed by atoms with Gasteiger partial charge in [-0.05, 0) is 37.8 Å². The van der Waals surface area contributed by atoms with Gasteiger partial charge >= 0.3 is 0 Å². The van der Waals surface area contributed by atoms with Crippen molar-refractivity contribution in [2.75, 3.05) is 13.1 Å². The molecule has 0 aliphatic carbocycles. The number of carbonyl (C=O) groups is 1. The topological polar surface area (TPSA) is 49.3 Å². The van der Waals surface area contributed by atoms with Crippen LogP contribution in [0, 0.1) is 0 Å². The summed E-state index contributed by atoms with van der Waals surface area (Å²) >= 11 is 0. The number of hydrogen-bond acceptors (Lipinski definition) is 4. The zero-order chi connectivity index (χ0) is 17.1. The van der Waals surface area contributed by atoms with Crippen LogP contribution in [0.4, 0.5) is 0 Å². The molecule has 0 bridgehead atoms. The molecule has 2 saturated heterocycles. The molecular weight excluding hydrogens is 312 g/mol. The molecule has 1 aromatic heterocycles. The Hall–Kier alpha value is -2.27. The van der Waals surface area contributed by atoms with E-state index in [1.165, 1.54) is 18.4 Å². The van der Waals surface area contributed by atoms with E-state index in [0.717, 1.165) is 32.5 Å². The van der Waals surface area contributed by atoms with Gasteiger partial charge in [0.15, 0.2) is 0 Å². The first-order chi connectivity index (χ1) is 12.3. The lowest BCUT2D eigenvalue weighted by Crippen LogP contribution is -2.48. The van der Waals surface area contributed by atoms with Crippen molar-refractivity contribution in [3.05, 3.63) is 60.2 Å². The molecule has 0 saturated carbocycles. The molecule has 1 amide bonds. The van der Waals surface area contributed by atoms with Crippen molar-refractivity contribution < 1.29 is 4.79 Å². The van der Waals surface area contributed by atoms with E-state index in [1.54, 1.807) is 18.6 Å². The number of hydrogen-bond donors (Lipinski definition) is 0. The van der Waals surface area contributed by atoms with Crippen LogP contribution < -0.4 is 0 Å². The molecule has 25 heavy (non-hydrogen) atoms. The minimum Gasteiger partial charge on any atom is -0.333 e. The Kier molecular flexibility index (Phi) is 4.74. The van der Waals surface area contributed by atoms with Gasteiger partial charge in [-0.15, -0.1) is 0 Å². The van der Waals surface area contributed by atoms with Gasteiger partial charge in [-0.2, -0.15) is 0 Å². The fourth-order valence-electron chi connectivity index (χ4n) is 4.30. The molecule has 3 heterocycles. The number of carbonyl (C=O) groups excluding carboxylic acids is 1. The van der Waals surface area contributed by atoms with E-state index in [-0.39, 0.29) is 5.91 Å². The summed E-state index contributed by atoms with van der Waals surface area (Å²) in [5.74, 6) is 0.0298. The number of benzene rings is 1. The fourth-order valence-corrected chi connectivity index (χ4v) is 4.30. The Morgan fingerprint density at radius 3 is 2.64 bits per heavy atom. The van der Waals surface area contributed by atoms with Gasteiger partial charge in [-0.1, -0.05) is 30.3 Å². The van der Waals surface area contributed by atoms with Crippen LogP contribution in [-0.2, 0) is 6.54 Å². The van der Waals surface area contributed by atoms with Crippen LogP contribution in [0.5, 0.6) is 0 Å². The minimum absolute atomic E-state index is 0.0298. The van der Waals surface area contributed by atoms with Gasteiger partial charge in [-0.25, -0.2) is 4.98 Å². The van der Waals surface area contributed by atoms with Gasteiger partial charge in [0.2, 0.25) is 0 Å². The van der Waals surface area contributed by atoms with Gasteiger partial charge in [0, 0.05) is 37.6 Å². The Labute approximate surface area is 148 Å². The SMILES string of the molecule is O=C(c1cnccn1)N1CCC[C@@H]1[C@H]1CCCN1Cc1ccccc1. The van der Waals surface area contributed by atoms with Gasteiger partial charge in [-0.3, -0.25) is 14.7 Å². The van der Waals surface area contributed by atoms with E-state index >= 15 is 0 Å². The summed E-state index contributed by atoms with van der Waals surface area (Å²) < 4.78 is 0. The van der Waals surface area contributed by atoms with E-state index in [4.69, 9.17) is 0 Å². The summed E-state index contributed by atoms with van der Waals surface area (Å²) in [6, 6.07) is 11.4. The second-order valence-electron chi connectivity index (χ2n) is 6.96. The average molecular weight is 336 g/mol. The smallest absolute Gasteiger partial charge is 0.274 e. The van der Waals surface area contributed by atoms with Gasteiger partial charge < -0.3 is 4.90 Å². The highest BCUT2D eigenvalue weighted by Crippen LogP contribution is 2.31. The van der Waals surface area contributed by atoms with Crippen LogP contribution in [0.2, 0.25) is 0 Å². The van der Waals surface area contributed by atoms with Gasteiger partial charge in [0.05, 0.1) is 6.20 Å². The van der Waals surface area contributed by atoms with Crippen molar-refractivity contribution in [1.82, 2.24) is 19.8 Å². The van der Waals surface area contributed by atoms with Crippen molar-refractivity contribution >= 4 is 5.91 Å². The molecule has 2 fully saturated rings. The first-order valence-corrected chi connectivity index (χ1v) is 9.18. The number of nitrogens with zero attached hydrogens (tertiary/aromatic N) is 4. The quantitative estimate of drug-likeness (QED) is 0.861. The van der Waals surface area contributed by atoms with Crippen molar-refractivity contribution in [1.29, 1.82) is 0 Å². The van der Waals surface area contributed by atoms with E-state index in [1.807, 2.05) is 4.90 Å². The van der Waals surface area contributed by atoms with Gasteiger partial charge in [0.25, 0.3) is 5.91 Å². The minimum atomic E-state index is 0.0298. The van der Waals surface area contributed by atoms with Crippen LogP contribution in [0.25, 0.3) is 0 Å².